The van der Waals surface area contributed by atoms with Gasteiger partial charge in [0.1, 0.15) is 0 Å². The van der Waals surface area contributed by atoms with E-state index in [0.29, 0.717) is 43.5 Å². The lowest BCUT2D eigenvalue weighted by atomic mass is 9.80. The molecule has 68 heavy (non-hydrogen) atoms. The molecule has 1 saturated carbocycles. The van der Waals surface area contributed by atoms with Crippen LogP contribution in [0.5, 0.6) is 0 Å². The largest absolute Gasteiger partial charge is 0.467 e. The van der Waals surface area contributed by atoms with E-state index in [1.807, 2.05) is 60.4 Å². The zero-order chi connectivity index (χ0) is 47.7. The molecule has 12 rings (SSSR count). The highest BCUT2D eigenvalue weighted by Crippen LogP contribution is 2.51. The fraction of sp³-hybridized carbons (Fsp3) is 0.490. The highest BCUT2D eigenvalue weighted by atomic mass is 32.1. The van der Waals surface area contributed by atoms with Crippen molar-refractivity contribution in [2.45, 2.75) is 108 Å². The van der Waals surface area contributed by atoms with Crippen LogP contribution in [0.25, 0.3) is 21.8 Å². The van der Waals surface area contributed by atoms with Gasteiger partial charge in [0.25, 0.3) is 11.1 Å². The van der Waals surface area contributed by atoms with Gasteiger partial charge in [0.05, 0.1) is 36.4 Å². The Kier molecular flexibility index (Phi) is 13.5. The molecule has 4 fully saturated rings. The second-order valence-electron chi connectivity index (χ2n) is 18.8. The molecule has 7 aliphatic rings. The predicted molar refractivity (Wildman–Crippen MR) is 260 cm³/mol. The number of para-hydroxylation sites is 2. The number of esters is 2. The third kappa shape index (κ3) is 8.91. The number of nitrogens with zero attached hydrogens (tertiary/aromatic N) is 5. The van der Waals surface area contributed by atoms with Crippen LogP contribution in [0.1, 0.15) is 81.9 Å². The lowest BCUT2D eigenvalue weighted by Gasteiger charge is -2.42. The molecule has 3 N–H and O–H groups in total. The van der Waals surface area contributed by atoms with Crippen LogP contribution in [-0.2, 0) is 53.7 Å². The minimum Gasteiger partial charge on any atom is -0.467 e. The molecule has 2 aliphatic carbocycles. The zero-order valence-corrected chi connectivity index (χ0v) is 40.2. The Labute approximate surface area is 399 Å². The van der Waals surface area contributed by atoms with Gasteiger partial charge in [-0.3, -0.25) is 38.5 Å². The van der Waals surface area contributed by atoms with Gasteiger partial charge >= 0.3 is 11.9 Å². The Morgan fingerprint density at radius 2 is 1.63 bits per heavy atom. The number of fused-ring (bicyclic) bond motifs is 7. The Bertz CT molecular complexity index is 2880. The summed E-state index contributed by atoms with van der Waals surface area (Å²) < 4.78 is 15.0. The van der Waals surface area contributed by atoms with Crippen molar-refractivity contribution < 1.29 is 28.7 Å². The van der Waals surface area contributed by atoms with Crippen LogP contribution in [0.2, 0.25) is 0 Å². The molecule has 1 unspecified atom stereocenters. The van der Waals surface area contributed by atoms with Crippen molar-refractivity contribution >= 4 is 57.1 Å². The molecule has 4 atom stereocenters. The van der Waals surface area contributed by atoms with Crippen molar-refractivity contribution in [1.82, 2.24) is 38.7 Å². The number of hydrogen-bond donors (Lipinski definition) is 3. The summed E-state index contributed by atoms with van der Waals surface area (Å²) in [5.41, 5.74) is 3.49. The Hall–Kier alpha value is -6.04. The molecule has 3 saturated heterocycles. The van der Waals surface area contributed by atoms with Gasteiger partial charge in [0.2, 0.25) is 11.8 Å². The molecular weight excluding hydrogens is 885 g/mol. The Balaban J connectivity index is 0.000000119. The molecule has 3 aromatic heterocycles. The highest BCUT2D eigenvalue weighted by molar-refractivity contribution is 7.05. The van der Waals surface area contributed by atoms with E-state index in [-0.39, 0.29) is 28.6 Å². The monoisotopic (exact) mass is 946 g/mol. The van der Waals surface area contributed by atoms with Gasteiger partial charge in [-0.1, -0.05) is 74.3 Å². The molecular formula is C51H62N8O8S. The van der Waals surface area contributed by atoms with E-state index in [0.717, 1.165) is 108 Å². The van der Waals surface area contributed by atoms with Gasteiger partial charge in [-0.15, -0.1) is 0 Å². The number of benzene rings is 2. The predicted octanol–water partition coefficient (Wildman–Crippen LogP) is 5.60. The summed E-state index contributed by atoms with van der Waals surface area (Å²) in [6, 6.07) is 18.1. The minimum absolute atomic E-state index is 0.0202. The smallest absolute Gasteiger partial charge is 0.337 e. The molecule has 360 valence electrons. The number of carbonyl (C=O) groups excluding carboxylic acids is 4. The number of piperidine rings is 1. The third-order valence-electron chi connectivity index (χ3n) is 14.7. The van der Waals surface area contributed by atoms with Crippen LogP contribution < -0.4 is 11.1 Å². The van der Waals surface area contributed by atoms with Gasteiger partial charge in [-0.2, -0.15) is 0 Å². The lowest BCUT2D eigenvalue weighted by Crippen LogP contribution is -2.56. The zero-order valence-electron chi connectivity index (χ0n) is 39.4. The average molecular weight is 947 g/mol. The number of piperazine rings is 1. The number of ether oxygens (including phenoxy) is 2. The topological polar surface area (TPSA) is 186 Å². The number of hydrogen-bond acceptors (Lipinski definition) is 11. The number of carbonyl (C=O) groups is 4. The van der Waals surface area contributed by atoms with E-state index in [2.05, 4.69) is 36.4 Å². The first-order valence-corrected chi connectivity index (χ1v) is 24.9. The Morgan fingerprint density at radius 1 is 0.897 bits per heavy atom. The number of methoxy groups -OCH3 is 1. The Morgan fingerprint density at radius 3 is 2.29 bits per heavy atom. The highest BCUT2D eigenvalue weighted by Gasteiger charge is 2.60. The van der Waals surface area contributed by atoms with E-state index in [9.17, 15) is 28.8 Å². The molecule has 0 radical (unpaired) electrons. The molecule has 5 aromatic rings. The van der Waals surface area contributed by atoms with E-state index >= 15 is 0 Å². The first-order chi connectivity index (χ1) is 32.9. The second kappa shape index (κ2) is 19.5. The van der Waals surface area contributed by atoms with Gasteiger partial charge in [0.15, 0.2) is 11.1 Å². The lowest BCUT2D eigenvalue weighted by molar-refractivity contribution is -0.163. The second-order valence-corrected chi connectivity index (χ2v) is 19.7. The number of amides is 2. The van der Waals surface area contributed by atoms with Gasteiger partial charge in [-0.05, 0) is 75.8 Å². The van der Waals surface area contributed by atoms with Crippen LogP contribution in [0, 0.1) is 5.92 Å². The van der Waals surface area contributed by atoms with Gasteiger partial charge in [-0.25, -0.2) is 14.3 Å². The first kappa shape index (κ1) is 47.0. The maximum atomic E-state index is 12.5. The maximum absolute atomic E-state index is 12.5. The number of aromatic nitrogens is 4. The maximum Gasteiger partial charge on any atom is 0.337 e. The molecule has 5 aliphatic heterocycles. The quantitative estimate of drug-likeness (QED) is 0.181. The van der Waals surface area contributed by atoms with Crippen molar-refractivity contribution in [3.8, 4) is 0 Å². The van der Waals surface area contributed by atoms with E-state index < -0.39 is 11.5 Å². The van der Waals surface area contributed by atoms with E-state index in [4.69, 9.17) is 9.47 Å². The van der Waals surface area contributed by atoms with Gasteiger partial charge in [0, 0.05) is 91.0 Å². The molecule has 2 amide bonds. The van der Waals surface area contributed by atoms with Crippen molar-refractivity contribution in [3.05, 3.63) is 115 Å². The summed E-state index contributed by atoms with van der Waals surface area (Å²) in [6.07, 6.45) is 14.9. The fourth-order valence-corrected chi connectivity index (χ4v) is 11.6. The molecule has 2 bridgehead atoms. The molecule has 8 heterocycles. The number of H-pyrrole nitrogens is 3. The van der Waals surface area contributed by atoms with Crippen LogP contribution in [0.15, 0.2) is 88.0 Å². The molecule has 17 heteroatoms. The summed E-state index contributed by atoms with van der Waals surface area (Å²) in [5.74, 6) is 0.0111. The number of aromatic amines is 3. The van der Waals surface area contributed by atoms with Crippen LogP contribution in [0.4, 0.5) is 0 Å². The summed E-state index contributed by atoms with van der Waals surface area (Å²) in [6.45, 7) is 11.0. The first-order valence-electron chi connectivity index (χ1n) is 24.1. The van der Waals surface area contributed by atoms with Crippen LogP contribution in [-0.4, -0.2) is 127 Å². The summed E-state index contributed by atoms with van der Waals surface area (Å²) in [7, 11) is 1.36. The van der Waals surface area contributed by atoms with Crippen LogP contribution in [0.3, 0.4) is 0 Å². The molecule has 1 spiro atoms. The van der Waals surface area contributed by atoms with Gasteiger partial charge < -0.3 is 24.3 Å². The summed E-state index contributed by atoms with van der Waals surface area (Å²) >= 11 is 1.41. The van der Waals surface area contributed by atoms with Crippen molar-refractivity contribution in [2.24, 2.45) is 5.92 Å². The summed E-state index contributed by atoms with van der Waals surface area (Å²) in [4.78, 5) is 84.0. The fourth-order valence-electron chi connectivity index (χ4n) is 11.0. The van der Waals surface area contributed by atoms with E-state index in [1.54, 1.807) is 35.6 Å². The van der Waals surface area contributed by atoms with Crippen molar-refractivity contribution in [2.75, 3.05) is 46.4 Å². The molecule has 16 nitrogen and oxygen atoms in total. The van der Waals surface area contributed by atoms with Crippen LogP contribution >= 0.6 is 11.5 Å². The standard InChI is InChI=1S/C17H20N2O3.C16H20N4O2.C13H15NO2.C5H7NOS/c1-4-14(20)19-10-9-12-11-7-5-6-8-13(11)18-15(12)17(19,2)16(21)22-3;21-15(12-5-6-12)19-9-7-18(8-10-19)11-20-16(22)13-3-1-2-4-14(13)17-20;15-12-7-9-4-5-10-8-13(9,16-12)11-3-1-2-6-14(10)11;1-2-4-3-5(7)6-8-4/h5-8,18H,4,9-10H2,1-3H3;1-4,12,17H,5-11H2;4-5,7,10-11H,1-3,6,8H2;3H,2H2,1H3,(H,6,7)/t;;10-,11-,13+;/m..1./s1. The number of nitrogens with one attached hydrogen (secondary N) is 3. The molecule has 2 aromatic carbocycles. The van der Waals surface area contributed by atoms with Crippen molar-refractivity contribution in [3.63, 3.8) is 0 Å². The average Bonchev–Trinajstić information content (AvgIpc) is 3.58. The normalized spacial score (nSPS) is 24.8. The van der Waals surface area contributed by atoms with E-state index in [1.165, 1.54) is 37.9 Å². The van der Waals surface area contributed by atoms with Crippen molar-refractivity contribution in [1.29, 1.82) is 0 Å². The minimum atomic E-state index is -1.10. The third-order valence-corrected chi connectivity index (χ3v) is 15.7. The summed E-state index contributed by atoms with van der Waals surface area (Å²) in [5, 5.41) is 4.99. The number of rotatable bonds is 6. The number of aryl methyl sites for hydroxylation is 1. The SMILES string of the molecule is CCC(=O)N1CCc2c([nH]c3ccccc23)C1(C)C(=O)OC.CCc1cc(=O)[nH]s1.O=C(C1CC1)N1CCN(Cn2[nH]c3ccccc3c2=O)CC1.O=C1C=C2C=C[C@@H]3C[C@@]2(O1)[C@H]1CCCCN31.